The van der Waals surface area contributed by atoms with Gasteiger partial charge >= 0.3 is 5.97 Å². The number of nitrogens with zero attached hydrogens (tertiary/aromatic N) is 1. The number of nitrogens with one attached hydrogen (secondary N) is 1. The minimum Gasteiger partial charge on any atom is -0.507 e. The normalized spacial score (nSPS) is 17.5. The fourth-order valence-electron chi connectivity index (χ4n) is 3.78. The highest BCUT2D eigenvalue weighted by molar-refractivity contribution is 9.10. The summed E-state index contributed by atoms with van der Waals surface area (Å²) in [4.78, 5) is 18.5. The van der Waals surface area contributed by atoms with Crippen LogP contribution in [0.2, 0.25) is 0 Å². The quantitative estimate of drug-likeness (QED) is 0.475. The van der Waals surface area contributed by atoms with Crippen LogP contribution in [0.3, 0.4) is 0 Å². The number of thiophene rings is 1. The van der Waals surface area contributed by atoms with Gasteiger partial charge in [0.1, 0.15) is 10.8 Å². The number of hydrogen-bond donors (Lipinski definition) is 2. The number of esters is 1. The van der Waals surface area contributed by atoms with Crippen LogP contribution in [0.5, 0.6) is 5.75 Å². The molecule has 3 rings (SSSR count). The third-order valence-electron chi connectivity index (χ3n) is 4.62. The smallest absolute Gasteiger partial charge is 0.341 e. The third kappa shape index (κ3) is 4.16. The van der Waals surface area contributed by atoms with Crippen molar-refractivity contribution < 1.29 is 14.6 Å². The number of fused-ring (bicyclic) bond motifs is 1. The zero-order valence-electron chi connectivity index (χ0n) is 16.7. The molecule has 0 amide bonds. The molecule has 1 aromatic heterocycles. The van der Waals surface area contributed by atoms with Crippen LogP contribution in [0.15, 0.2) is 27.7 Å². The molecule has 2 N–H and O–H groups in total. The summed E-state index contributed by atoms with van der Waals surface area (Å²) in [5.41, 5.74) is 1.68. The first-order chi connectivity index (χ1) is 13.0. The zero-order valence-corrected chi connectivity index (χ0v) is 19.1. The highest BCUT2D eigenvalue weighted by atomic mass is 79.9. The summed E-state index contributed by atoms with van der Waals surface area (Å²) in [7, 11) is 0. The van der Waals surface area contributed by atoms with E-state index in [1.54, 1.807) is 31.3 Å². The van der Waals surface area contributed by atoms with Gasteiger partial charge in [-0.3, -0.25) is 0 Å². The van der Waals surface area contributed by atoms with E-state index in [0.29, 0.717) is 29.2 Å². The number of carbonyl (C=O) groups is 1. The molecule has 28 heavy (non-hydrogen) atoms. The van der Waals surface area contributed by atoms with Crippen LogP contribution in [-0.4, -0.2) is 29.4 Å². The molecule has 5 nitrogen and oxygen atoms in total. The highest BCUT2D eigenvalue weighted by Crippen LogP contribution is 2.46. The Kier molecular flexibility index (Phi) is 5.71. The van der Waals surface area contributed by atoms with Gasteiger partial charge < -0.3 is 15.2 Å². The van der Waals surface area contributed by atoms with Crippen LogP contribution < -0.4 is 5.32 Å². The predicted octanol–water partition coefficient (Wildman–Crippen LogP) is 5.30. The van der Waals surface area contributed by atoms with E-state index in [4.69, 9.17) is 4.74 Å². The van der Waals surface area contributed by atoms with Gasteiger partial charge in [-0.2, -0.15) is 0 Å². The fourth-order valence-corrected chi connectivity index (χ4v) is 5.37. The Balaban J connectivity index is 2.13. The molecule has 2 aromatic rings. The molecular formula is C21H25BrN2O3S. The summed E-state index contributed by atoms with van der Waals surface area (Å²) in [5, 5.41) is 14.3. The molecule has 7 heteroatoms. The second-order valence-corrected chi connectivity index (χ2v) is 10.00. The van der Waals surface area contributed by atoms with Crippen molar-refractivity contribution in [3.8, 4) is 5.75 Å². The van der Waals surface area contributed by atoms with Crippen molar-refractivity contribution in [2.75, 3.05) is 6.61 Å². The zero-order chi connectivity index (χ0) is 20.7. The molecule has 1 aromatic carbocycles. The summed E-state index contributed by atoms with van der Waals surface area (Å²) in [6.07, 6.45) is 2.31. The van der Waals surface area contributed by atoms with E-state index in [1.807, 2.05) is 0 Å². The van der Waals surface area contributed by atoms with Gasteiger partial charge in [0.2, 0.25) is 0 Å². The van der Waals surface area contributed by atoms with E-state index in [-0.39, 0.29) is 22.8 Å². The molecule has 2 heterocycles. The van der Waals surface area contributed by atoms with Crippen LogP contribution in [0.4, 0.5) is 5.00 Å². The molecular weight excluding hydrogens is 440 g/mol. The molecule has 1 aliphatic heterocycles. The van der Waals surface area contributed by atoms with Crippen molar-refractivity contribution in [3.63, 3.8) is 0 Å². The lowest BCUT2D eigenvalue weighted by Gasteiger charge is -2.42. The number of hydrogen-bond acceptors (Lipinski definition) is 6. The van der Waals surface area contributed by atoms with Crippen molar-refractivity contribution in [1.82, 2.24) is 5.32 Å². The maximum Gasteiger partial charge on any atom is 0.341 e. The minimum atomic E-state index is -0.348. The van der Waals surface area contributed by atoms with Crippen molar-refractivity contribution in [1.29, 1.82) is 0 Å². The number of aliphatic imine (C=N–C) groups is 1. The molecule has 0 aliphatic carbocycles. The SMILES string of the molecule is CCOC(=O)c1c(N=Cc2cc(Br)ccc2O)sc2c1CC(C)(C)NC2(C)C. The van der Waals surface area contributed by atoms with Gasteiger partial charge in [0, 0.05) is 32.2 Å². The summed E-state index contributed by atoms with van der Waals surface area (Å²) >= 11 is 4.90. The molecule has 0 spiro atoms. The van der Waals surface area contributed by atoms with Crippen LogP contribution in [0, 0.1) is 0 Å². The highest BCUT2D eigenvalue weighted by Gasteiger charge is 2.41. The molecule has 0 bridgehead atoms. The van der Waals surface area contributed by atoms with Crippen molar-refractivity contribution in [3.05, 3.63) is 44.2 Å². The summed E-state index contributed by atoms with van der Waals surface area (Å²) < 4.78 is 6.18. The Morgan fingerprint density at radius 3 is 2.79 bits per heavy atom. The lowest BCUT2D eigenvalue weighted by atomic mass is 9.81. The second-order valence-electron chi connectivity index (χ2n) is 8.08. The minimum absolute atomic E-state index is 0.133. The number of benzene rings is 1. The summed E-state index contributed by atoms with van der Waals surface area (Å²) in [5.74, 6) is -0.215. The standard InChI is InChI=1S/C21H25BrN2O3S/c1-6-27-19(26)16-14-10-20(2,3)24-21(4,5)17(14)28-18(16)23-11-12-9-13(22)7-8-15(12)25/h7-9,11,24-25H,6,10H2,1-5H3. The Morgan fingerprint density at radius 2 is 2.11 bits per heavy atom. The Morgan fingerprint density at radius 1 is 1.39 bits per heavy atom. The average Bonchev–Trinajstić information content (AvgIpc) is 2.93. The lowest BCUT2D eigenvalue weighted by Crippen LogP contribution is -2.55. The van der Waals surface area contributed by atoms with E-state index < -0.39 is 0 Å². The monoisotopic (exact) mass is 464 g/mol. The van der Waals surface area contributed by atoms with E-state index in [0.717, 1.165) is 14.9 Å². The molecule has 0 radical (unpaired) electrons. The Hall–Kier alpha value is -1.70. The van der Waals surface area contributed by atoms with Gasteiger partial charge in [0.05, 0.1) is 12.2 Å². The van der Waals surface area contributed by atoms with E-state index in [2.05, 4.69) is 53.9 Å². The first kappa shape index (κ1) is 21.0. The van der Waals surface area contributed by atoms with Gasteiger partial charge in [0.25, 0.3) is 0 Å². The number of phenolic OH excluding ortho intramolecular Hbond substituents is 1. The third-order valence-corrected chi connectivity index (χ3v) is 6.57. The Labute approximate surface area is 178 Å². The maximum absolute atomic E-state index is 12.8. The van der Waals surface area contributed by atoms with E-state index in [1.165, 1.54) is 11.3 Å². The number of ether oxygens (including phenoxy) is 1. The van der Waals surface area contributed by atoms with Gasteiger partial charge in [-0.15, -0.1) is 11.3 Å². The predicted molar refractivity (Wildman–Crippen MR) is 117 cm³/mol. The molecule has 0 fully saturated rings. The maximum atomic E-state index is 12.8. The van der Waals surface area contributed by atoms with Gasteiger partial charge in [0.15, 0.2) is 0 Å². The van der Waals surface area contributed by atoms with Gasteiger partial charge in [-0.1, -0.05) is 15.9 Å². The molecule has 0 saturated carbocycles. The average molecular weight is 465 g/mol. The fraction of sp³-hybridized carbons (Fsp3) is 0.429. The topological polar surface area (TPSA) is 70.9 Å². The number of phenols is 1. The summed E-state index contributed by atoms with van der Waals surface area (Å²) in [6.45, 7) is 10.6. The molecule has 0 atom stereocenters. The van der Waals surface area contributed by atoms with Crippen LogP contribution in [-0.2, 0) is 16.7 Å². The van der Waals surface area contributed by atoms with Crippen LogP contribution in [0.1, 0.15) is 61.0 Å². The largest absolute Gasteiger partial charge is 0.507 e. The number of carbonyl (C=O) groups excluding carboxylic acids is 1. The Bertz CT molecular complexity index is 947. The van der Waals surface area contributed by atoms with Crippen molar-refractivity contribution >= 4 is 44.5 Å². The second kappa shape index (κ2) is 7.61. The van der Waals surface area contributed by atoms with Gasteiger partial charge in [-0.25, -0.2) is 9.79 Å². The lowest BCUT2D eigenvalue weighted by molar-refractivity contribution is 0.0525. The first-order valence-corrected chi connectivity index (χ1v) is 10.8. The van der Waals surface area contributed by atoms with Crippen LogP contribution >= 0.6 is 27.3 Å². The van der Waals surface area contributed by atoms with Crippen molar-refractivity contribution in [2.45, 2.75) is 52.1 Å². The number of rotatable bonds is 4. The molecule has 0 saturated heterocycles. The summed E-state index contributed by atoms with van der Waals surface area (Å²) in [6, 6.07) is 5.15. The molecule has 150 valence electrons. The number of aromatic hydroxyl groups is 1. The first-order valence-electron chi connectivity index (χ1n) is 9.19. The van der Waals surface area contributed by atoms with E-state index in [9.17, 15) is 9.90 Å². The van der Waals surface area contributed by atoms with Gasteiger partial charge in [-0.05, 0) is 64.8 Å². The van der Waals surface area contributed by atoms with Crippen molar-refractivity contribution in [2.24, 2.45) is 4.99 Å². The molecule has 1 aliphatic rings. The number of halogens is 1. The van der Waals surface area contributed by atoms with E-state index >= 15 is 0 Å². The van der Waals surface area contributed by atoms with Crippen LogP contribution in [0.25, 0.3) is 0 Å². The molecule has 0 unspecified atom stereocenters.